The van der Waals surface area contributed by atoms with Crippen molar-refractivity contribution in [1.29, 1.82) is 0 Å². The summed E-state index contributed by atoms with van der Waals surface area (Å²) in [5.41, 5.74) is -0.749. The predicted molar refractivity (Wildman–Crippen MR) is 136 cm³/mol. The number of nitrogens with one attached hydrogen (secondary N) is 2. The van der Waals surface area contributed by atoms with E-state index < -0.39 is 29.2 Å². The van der Waals surface area contributed by atoms with Gasteiger partial charge in [-0.15, -0.1) is 0 Å². The molecule has 2 aromatic rings. The molecule has 1 unspecified atom stereocenters. The first kappa shape index (κ1) is 28.8. The minimum atomic E-state index is -0.699. The number of aromatic nitrogens is 1. The third kappa shape index (κ3) is 7.17. The Balaban J connectivity index is 0.00000400. The van der Waals surface area contributed by atoms with Crippen LogP contribution in [0.25, 0.3) is 0 Å². The molecule has 0 radical (unpaired) electrons. The van der Waals surface area contributed by atoms with E-state index >= 15 is 0 Å². The van der Waals surface area contributed by atoms with Gasteiger partial charge in [0.25, 0.3) is 5.91 Å². The molecule has 2 bridgehead atoms. The van der Waals surface area contributed by atoms with Crippen molar-refractivity contribution in [3.8, 4) is 11.6 Å². The summed E-state index contributed by atoms with van der Waals surface area (Å²) in [6.07, 6.45) is 2.91. The predicted octanol–water partition coefficient (Wildman–Crippen LogP) is 4.56. The van der Waals surface area contributed by atoms with E-state index in [1.54, 1.807) is 25.7 Å². The number of piperidine rings is 1. The fraction of sp³-hybridized carbons (Fsp3) is 0.481. The summed E-state index contributed by atoms with van der Waals surface area (Å²) >= 11 is 0. The maximum Gasteiger partial charge on any atom is 0.408 e. The normalized spacial score (nSPS) is 20.2. The highest BCUT2D eigenvalue weighted by molar-refractivity contribution is 5.96. The molecule has 11 heteroatoms. The fourth-order valence-corrected chi connectivity index (χ4v) is 4.80. The number of carbonyl (C=O) groups excluding carboxylic acids is 3. The molecule has 3 atom stereocenters. The van der Waals surface area contributed by atoms with E-state index in [1.165, 1.54) is 24.3 Å². The van der Waals surface area contributed by atoms with E-state index in [-0.39, 0.29) is 55.2 Å². The van der Waals surface area contributed by atoms with Gasteiger partial charge in [-0.1, -0.05) is 7.43 Å². The van der Waals surface area contributed by atoms with Crippen molar-refractivity contribution >= 4 is 17.9 Å². The second kappa shape index (κ2) is 11.7. The summed E-state index contributed by atoms with van der Waals surface area (Å²) in [4.78, 5) is 43.5. The van der Waals surface area contributed by atoms with Crippen molar-refractivity contribution < 1.29 is 32.6 Å². The Hall–Kier alpha value is -3.76. The smallest absolute Gasteiger partial charge is 0.408 e. The van der Waals surface area contributed by atoms with Crippen LogP contribution in [-0.2, 0) is 9.53 Å². The maximum absolute atomic E-state index is 13.9. The Bertz CT molecular complexity index is 1160. The van der Waals surface area contributed by atoms with Crippen LogP contribution in [0.2, 0.25) is 0 Å². The number of fused-ring (bicyclic) bond motifs is 2. The summed E-state index contributed by atoms with van der Waals surface area (Å²) in [6, 6.07) is 5.79. The molecule has 4 rings (SSSR count). The number of benzene rings is 1. The highest BCUT2D eigenvalue weighted by Gasteiger charge is 2.43. The van der Waals surface area contributed by atoms with Gasteiger partial charge in [0.05, 0.1) is 6.20 Å². The number of hydrogen-bond donors (Lipinski definition) is 2. The van der Waals surface area contributed by atoms with Crippen LogP contribution >= 0.6 is 0 Å². The van der Waals surface area contributed by atoms with Crippen molar-refractivity contribution in [1.82, 2.24) is 20.5 Å². The zero-order chi connectivity index (χ0) is 26.7. The second-order valence-electron chi connectivity index (χ2n) is 10.2. The zero-order valence-corrected chi connectivity index (χ0v) is 20.9. The van der Waals surface area contributed by atoms with Crippen LogP contribution in [0.15, 0.2) is 36.5 Å². The van der Waals surface area contributed by atoms with Gasteiger partial charge >= 0.3 is 6.09 Å². The van der Waals surface area contributed by atoms with Gasteiger partial charge < -0.3 is 25.0 Å². The molecule has 0 spiro atoms. The highest BCUT2D eigenvalue weighted by Crippen LogP contribution is 2.36. The Morgan fingerprint density at radius 1 is 1.05 bits per heavy atom. The Morgan fingerprint density at radius 3 is 2.29 bits per heavy atom. The van der Waals surface area contributed by atoms with Crippen molar-refractivity contribution in [2.75, 3.05) is 6.54 Å². The van der Waals surface area contributed by atoms with Crippen LogP contribution in [0.3, 0.4) is 0 Å². The molecule has 2 fully saturated rings. The van der Waals surface area contributed by atoms with Crippen molar-refractivity contribution in [3.63, 3.8) is 0 Å². The lowest BCUT2D eigenvalue weighted by Crippen LogP contribution is -2.54. The number of carbonyl (C=O) groups is 3. The topological polar surface area (TPSA) is 110 Å². The molecule has 3 heterocycles. The highest BCUT2D eigenvalue weighted by atomic mass is 19.1. The average Bonchev–Trinajstić information content (AvgIpc) is 3.09. The van der Waals surface area contributed by atoms with E-state index in [0.717, 1.165) is 25.1 Å². The first-order valence-electron chi connectivity index (χ1n) is 12.2. The van der Waals surface area contributed by atoms with E-state index in [1.807, 2.05) is 0 Å². The van der Waals surface area contributed by atoms with Crippen molar-refractivity contribution in [2.45, 2.75) is 77.6 Å². The minimum absolute atomic E-state index is 0. The summed E-state index contributed by atoms with van der Waals surface area (Å²) in [5.74, 6) is -1.76. The molecule has 2 aliphatic rings. The van der Waals surface area contributed by atoms with Crippen LogP contribution in [0, 0.1) is 11.6 Å². The van der Waals surface area contributed by atoms with Crippen LogP contribution in [0.1, 0.15) is 64.2 Å². The van der Waals surface area contributed by atoms with Crippen molar-refractivity contribution in [3.05, 3.63) is 53.7 Å². The van der Waals surface area contributed by atoms with Crippen LogP contribution < -0.4 is 15.4 Å². The lowest BCUT2D eigenvalue weighted by Gasteiger charge is -2.39. The molecule has 2 aliphatic heterocycles. The number of rotatable bonds is 6. The molecular weight excluding hydrogens is 498 g/mol. The van der Waals surface area contributed by atoms with Crippen molar-refractivity contribution in [2.24, 2.45) is 0 Å². The average molecular weight is 533 g/mol. The molecular formula is C27H34F2N4O5. The largest absolute Gasteiger partial charge is 0.444 e. The number of nitrogens with zero attached hydrogens (tertiary/aromatic N) is 2. The standard InChI is InChI=1S/C26H30F2N4O5.CH4/c1-26(2,3)37-25(35)30-14-22(33)32-18-6-7-19(32)12-17(11-18)31-23(34)21-10-16(28)13-29-24(21)36-20-8-4-15(27)5-9-20;/h4-5,8-10,13,17-19H,6-7,11-12,14H2,1-3H3,(H,30,35)(H,31,34);1H4/t17?,18-,19+;. The fourth-order valence-electron chi connectivity index (χ4n) is 4.80. The number of alkyl carbamates (subject to hydrolysis) is 1. The van der Waals surface area contributed by atoms with Gasteiger partial charge in [-0.3, -0.25) is 9.59 Å². The number of ether oxygens (including phenoxy) is 2. The van der Waals surface area contributed by atoms with Gasteiger partial charge in [-0.05, 0) is 76.8 Å². The molecule has 2 N–H and O–H groups in total. The van der Waals surface area contributed by atoms with Gasteiger partial charge in [0, 0.05) is 18.1 Å². The van der Waals surface area contributed by atoms with Crippen LogP contribution in [0.4, 0.5) is 13.6 Å². The van der Waals surface area contributed by atoms with Gasteiger partial charge in [0.2, 0.25) is 11.8 Å². The molecule has 1 aromatic carbocycles. The van der Waals surface area contributed by atoms with Crippen LogP contribution in [0.5, 0.6) is 11.6 Å². The van der Waals surface area contributed by atoms with Gasteiger partial charge in [0.15, 0.2) is 0 Å². The van der Waals surface area contributed by atoms with E-state index in [4.69, 9.17) is 9.47 Å². The summed E-state index contributed by atoms with van der Waals surface area (Å²) < 4.78 is 37.9. The zero-order valence-electron chi connectivity index (χ0n) is 20.9. The van der Waals surface area contributed by atoms with E-state index in [2.05, 4.69) is 15.6 Å². The molecule has 1 aromatic heterocycles. The number of amides is 3. The lowest BCUT2D eigenvalue weighted by molar-refractivity contribution is -0.134. The van der Waals surface area contributed by atoms with E-state index in [9.17, 15) is 23.2 Å². The van der Waals surface area contributed by atoms with Gasteiger partial charge in [0.1, 0.15) is 35.1 Å². The third-order valence-corrected chi connectivity index (χ3v) is 6.23. The summed E-state index contributed by atoms with van der Waals surface area (Å²) in [7, 11) is 0. The number of halogens is 2. The monoisotopic (exact) mass is 532 g/mol. The first-order valence-corrected chi connectivity index (χ1v) is 12.2. The number of hydrogen-bond acceptors (Lipinski definition) is 6. The maximum atomic E-state index is 13.9. The number of pyridine rings is 1. The minimum Gasteiger partial charge on any atom is -0.444 e. The summed E-state index contributed by atoms with van der Waals surface area (Å²) in [5, 5.41) is 5.43. The van der Waals surface area contributed by atoms with Gasteiger partial charge in [-0.2, -0.15) is 0 Å². The first-order chi connectivity index (χ1) is 17.5. The molecule has 0 saturated carbocycles. The third-order valence-electron chi connectivity index (χ3n) is 6.23. The Labute approximate surface area is 220 Å². The van der Waals surface area contributed by atoms with E-state index in [0.29, 0.717) is 12.8 Å². The lowest BCUT2D eigenvalue weighted by atomic mass is 9.96. The Kier molecular flexibility index (Phi) is 8.90. The Morgan fingerprint density at radius 2 is 1.68 bits per heavy atom. The molecule has 3 amide bonds. The molecule has 9 nitrogen and oxygen atoms in total. The van der Waals surface area contributed by atoms with Crippen LogP contribution in [-0.4, -0.2) is 58.1 Å². The molecule has 2 saturated heterocycles. The quantitative estimate of drug-likeness (QED) is 0.564. The van der Waals surface area contributed by atoms with Gasteiger partial charge in [-0.25, -0.2) is 18.6 Å². The second-order valence-corrected chi connectivity index (χ2v) is 10.2. The summed E-state index contributed by atoms with van der Waals surface area (Å²) in [6.45, 7) is 5.06. The molecule has 0 aliphatic carbocycles. The molecule has 206 valence electrons. The SMILES string of the molecule is C.CC(C)(C)OC(=O)NCC(=O)N1[C@@H]2CC[C@H]1CC(NC(=O)c1cc(F)cnc1Oc1ccc(F)cc1)C2. The molecule has 38 heavy (non-hydrogen) atoms.